The number of furan rings is 1. The first-order valence-corrected chi connectivity index (χ1v) is 7.35. The molecule has 0 fully saturated rings. The van der Waals surface area contributed by atoms with Gasteiger partial charge in [0.15, 0.2) is 0 Å². The fourth-order valence-electron chi connectivity index (χ4n) is 2.29. The van der Waals surface area contributed by atoms with Gasteiger partial charge in [-0.25, -0.2) is 4.79 Å². The third kappa shape index (κ3) is 3.75. The molecule has 2 aromatic heterocycles. The van der Waals surface area contributed by atoms with E-state index < -0.39 is 11.7 Å². The van der Waals surface area contributed by atoms with E-state index in [2.05, 4.69) is 11.4 Å². The fraction of sp³-hybridized carbons (Fsp3) is 0.412. The molecule has 6 nitrogen and oxygen atoms in total. The number of ether oxygens (including phenoxy) is 1. The fourth-order valence-corrected chi connectivity index (χ4v) is 2.29. The summed E-state index contributed by atoms with van der Waals surface area (Å²) in [7, 11) is 0. The molecule has 0 aliphatic heterocycles. The van der Waals surface area contributed by atoms with Gasteiger partial charge in [0, 0.05) is 5.69 Å². The van der Waals surface area contributed by atoms with Gasteiger partial charge in [-0.05, 0) is 52.3 Å². The summed E-state index contributed by atoms with van der Waals surface area (Å²) in [4.78, 5) is 12.1. The second-order valence-electron chi connectivity index (χ2n) is 6.34. The van der Waals surface area contributed by atoms with Crippen molar-refractivity contribution in [2.24, 2.45) is 0 Å². The van der Waals surface area contributed by atoms with E-state index in [1.165, 1.54) is 0 Å². The highest BCUT2D eigenvalue weighted by Crippen LogP contribution is 2.28. The third-order valence-electron chi connectivity index (χ3n) is 3.45. The van der Waals surface area contributed by atoms with Crippen molar-refractivity contribution in [1.82, 2.24) is 4.57 Å². The number of nitrogens with one attached hydrogen (secondary N) is 1. The van der Waals surface area contributed by atoms with Crippen molar-refractivity contribution in [1.29, 1.82) is 5.26 Å². The standard InChI is InChI=1S/C17H21N3O3/c1-11-12(2)20(10-13-7-6-8-22-13)15(14(11)9-18)19-16(21)23-17(3,4)5/h6-8H,10H2,1-5H3,(H,19,21). The minimum absolute atomic E-state index is 0.423. The van der Waals surface area contributed by atoms with Crippen LogP contribution in [-0.2, 0) is 11.3 Å². The van der Waals surface area contributed by atoms with Crippen molar-refractivity contribution in [3.63, 3.8) is 0 Å². The summed E-state index contributed by atoms with van der Waals surface area (Å²) in [5.74, 6) is 1.16. The molecule has 1 N–H and O–H groups in total. The quantitative estimate of drug-likeness (QED) is 0.929. The van der Waals surface area contributed by atoms with Gasteiger partial charge in [0.1, 0.15) is 23.2 Å². The van der Waals surface area contributed by atoms with Gasteiger partial charge >= 0.3 is 6.09 Å². The predicted octanol–water partition coefficient (Wildman–Crippen LogP) is 3.96. The second-order valence-corrected chi connectivity index (χ2v) is 6.34. The normalized spacial score (nSPS) is 11.1. The number of hydrogen-bond acceptors (Lipinski definition) is 4. The molecular formula is C17H21N3O3. The maximum Gasteiger partial charge on any atom is 0.413 e. The van der Waals surface area contributed by atoms with Crippen LogP contribution in [0.4, 0.5) is 10.6 Å². The Morgan fingerprint density at radius 1 is 1.43 bits per heavy atom. The second kappa shape index (κ2) is 6.21. The molecule has 0 aromatic carbocycles. The highest BCUT2D eigenvalue weighted by Gasteiger charge is 2.23. The van der Waals surface area contributed by atoms with E-state index in [-0.39, 0.29) is 0 Å². The molecule has 122 valence electrons. The van der Waals surface area contributed by atoms with Crippen molar-refractivity contribution in [3.8, 4) is 6.07 Å². The molecule has 6 heteroatoms. The lowest BCUT2D eigenvalue weighted by atomic mass is 10.2. The van der Waals surface area contributed by atoms with Crippen LogP contribution in [-0.4, -0.2) is 16.3 Å². The van der Waals surface area contributed by atoms with E-state index in [9.17, 15) is 10.1 Å². The molecule has 0 atom stereocenters. The van der Waals surface area contributed by atoms with Crippen LogP contribution in [0.1, 0.15) is 43.4 Å². The Labute approximate surface area is 135 Å². The average molecular weight is 315 g/mol. The highest BCUT2D eigenvalue weighted by atomic mass is 16.6. The zero-order valence-corrected chi connectivity index (χ0v) is 14.1. The number of aromatic nitrogens is 1. The minimum atomic E-state index is -0.612. The van der Waals surface area contributed by atoms with Crippen LogP contribution in [0.2, 0.25) is 0 Å². The van der Waals surface area contributed by atoms with Gasteiger partial charge in [0.2, 0.25) is 0 Å². The van der Waals surface area contributed by atoms with Crippen molar-refractivity contribution in [3.05, 3.63) is 41.0 Å². The van der Waals surface area contributed by atoms with E-state index in [1.54, 1.807) is 33.1 Å². The van der Waals surface area contributed by atoms with Crippen LogP contribution in [0.5, 0.6) is 0 Å². The summed E-state index contributed by atoms with van der Waals surface area (Å²) in [6.45, 7) is 9.54. The van der Waals surface area contributed by atoms with E-state index in [0.29, 0.717) is 17.9 Å². The number of amides is 1. The van der Waals surface area contributed by atoms with Crippen LogP contribution in [0.25, 0.3) is 0 Å². The lowest BCUT2D eigenvalue weighted by Gasteiger charge is -2.20. The van der Waals surface area contributed by atoms with E-state index in [1.807, 2.05) is 24.5 Å². The Morgan fingerprint density at radius 3 is 2.65 bits per heavy atom. The maximum atomic E-state index is 12.1. The van der Waals surface area contributed by atoms with Gasteiger partial charge in [-0.15, -0.1) is 0 Å². The maximum absolute atomic E-state index is 12.1. The Hall–Kier alpha value is -2.68. The lowest BCUT2D eigenvalue weighted by Crippen LogP contribution is -2.28. The van der Waals surface area contributed by atoms with Crippen molar-refractivity contribution in [2.45, 2.75) is 46.8 Å². The number of anilines is 1. The zero-order chi connectivity index (χ0) is 17.2. The Kier molecular flexibility index (Phi) is 4.50. The number of nitriles is 1. The topological polar surface area (TPSA) is 80.2 Å². The van der Waals surface area contributed by atoms with Crippen LogP contribution in [0.3, 0.4) is 0 Å². The summed E-state index contributed by atoms with van der Waals surface area (Å²) >= 11 is 0. The van der Waals surface area contributed by atoms with Gasteiger partial charge in [-0.3, -0.25) is 5.32 Å². The molecule has 0 aliphatic carbocycles. The predicted molar refractivity (Wildman–Crippen MR) is 86.3 cm³/mol. The molecule has 0 saturated carbocycles. The summed E-state index contributed by atoms with van der Waals surface area (Å²) in [6.07, 6.45) is 1.000. The van der Waals surface area contributed by atoms with Crippen LogP contribution in [0.15, 0.2) is 22.8 Å². The highest BCUT2D eigenvalue weighted by molar-refractivity contribution is 5.86. The molecule has 0 spiro atoms. The largest absolute Gasteiger partial charge is 0.467 e. The Bertz CT molecular complexity index is 744. The minimum Gasteiger partial charge on any atom is -0.467 e. The van der Waals surface area contributed by atoms with E-state index in [4.69, 9.17) is 9.15 Å². The molecule has 23 heavy (non-hydrogen) atoms. The molecule has 2 aromatic rings. The Morgan fingerprint density at radius 2 is 2.13 bits per heavy atom. The molecule has 0 radical (unpaired) electrons. The number of nitrogens with zero attached hydrogens (tertiary/aromatic N) is 2. The Balaban J connectivity index is 2.38. The third-order valence-corrected chi connectivity index (χ3v) is 3.45. The molecule has 2 rings (SSSR count). The van der Waals surface area contributed by atoms with Crippen LogP contribution in [0, 0.1) is 25.2 Å². The monoisotopic (exact) mass is 315 g/mol. The summed E-state index contributed by atoms with van der Waals surface area (Å²) in [5, 5.41) is 12.1. The lowest BCUT2D eigenvalue weighted by molar-refractivity contribution is 0.0634. The summed E-state index contributed by atoms with van der Waals surface area (Å²) in [6, 6.07) is 5.80. The summed E-state index contributed by atoms with van der Waals surface area (Å²) in [5.41, 5.74) is 1.54. The molecular weight excluding hydrogens is 294 g/mol. The van der Waals surface area contributed by atoms with Gasteiger partial charge < -0.3 is 13.7 Å². The number of carbonyl (C=O) groups excluding carboxylic acids is 1. The van der Waals surface area contributed by atoms with Crippen molar-refractivity contribution in [2.75, 3.05) is 5.32 Å². The molecule has 0 saturated heterocycles. The van der Waals surface area contributed by atoms with E-state index >= 15 is 0 Å². The van der Waals surface area contributed by atoms with Crippen molar-refractivity contribution >= 4 is 11.9 Å². The summed E-state index contributed by atoms with van der Waals surface area (Å²) < 4.78 is 12.5. The first-order valence-electron chi connectivity index (χ1n) is 7.35. The van der Waals surface area contributed by atoms with Gasteiger partial charge in [-0.2, -0.15) is 5.26 Å². The smallest absolute Gasteiger partial charge is 0.413 e. The van der Waals surface area contributed by atoms with Gasteiger partial charge in [0.25, 0.3) is 0 Å². The van der Waals surface area contributed by atoms with Gasteiger partial charge in [0.05, 0.1) is 18.4 Å². The van der Waals surface area contributed by atoms with Crippen LogP contribution >= 0.6 is 0 Å². The molecule has 0 bridgehead atoms. The SMILES string of the molecule is Cc1c(C#N)c(NC(=O)OC(C)(C)C)n(Cc2ccco2)c1C. The number of carbonyl (C=O) groups is 1. The van der Waals surface area contributed by atoms with Crippen LogP contribution < -0.4 is 5.32 Å². The number of rotatable bonds is 3. The van der Waals surface area contributed by atoms with Crippen molar-refractivity contribution < 1.29 is 13.9 Å². The average Bonchev–Trinajstić information content (AvgIpc) is 3.00. The number of hydrogen-bond donors (Lipinski definition) is 1. The molecule has 0 aliphatic rings. The molecule has 1 amide bonds. The molecule has 0 unspecified atom stereocenters. The first-order chi connectivity index (χ1) is 10.7. The first kappa shape index (κ1) is 16.7. The van der Waals surface area contributed by atoms with Gasteiger partial charge in [-0.1, -0.05) is 0 Å². The zero-order valence-electron chi connectivity index (χ0n) is 14.1. The van der Waals surface area contributed by atoms with E-state index in [0.717, 1.165) is 17.0 Å². The molecule has 2 heterocycles.